The van der Waals surface area contributed by atoms with Gasteiger partial charge in [0, 0.05) is 20.8 Å². The number of para-hydroxylation sites is 1. The number of ketones is 1. The molecular weight excluding hydrogens is 432 g/mol. The lowest BCUT2D eigenvalue weighted by molar-refractivity contribution is 0.0944. The number of fused-ring (bicyclic) bond motifs is 2. The molecule has 0 saturated carbocycles. The molecule has 5 heteroatoms. The van der Waals surface area contributed by atoms with Crippen molar-refractivity contribution < 1.29 is 13.9 Å². The first kappa shape index (κ1) is 21.5. The number of benzene rings is 3. The molecule has 2 heterocycles. The summed E-state index contributed by atoms with van der Waals surface area (Å²) in [5.74, 6) is 0.400. The molecule has 0 saturated heterocycles. The Morgan fingerprint density at radius 3 is 2.55 bits per heavy atom. The van der Waals surface area contributed by atoms with Gasteiger partial charge in [-0.25, -0.2) is 0 Å². The zero-order valence-electron chi connectivity index (χ0n) is 18.5. The minimum atomic E-state index is -0.531. The smallest absolute Gasteiger partial charge is 0.195 e. The van der Waals surface area contributed by atoms with Crippen LogP contribution in [0.4, 0.5) is 0 Å². The van der Waals surface area contributed by atoms with Crippen molar-refractivity contribution in [2.24, 2.45) is 0 Å². The van der Waals surface area contributed by atoms with Gasteiger partial charge >= 0.3 is 0 Å². The number of hydrogen-bond donors (Lipinski definition) is 0. The maximum Gasteiger partial charge on any atom is 0.195 e. The van der Waals surface area contributed by atoms with Crippen LogP contribution in [0.1, 0.15) is 41.3 Å². The summed E-state index contributed by atoms with van der Waals surface area (Å²) in [5, 5.41) is 0.563. The Bertz CT molecular complexity index is 1390. The van der Waals surface area contributed by atoms with Crippen LogP contribution in [0.3, 0.4) is 0 Å². The molecule has 2 atom stereocenters. The first-order chi connectivity index (χ1) is 16.0. The molecule has 0 aliphatic carbocycles. The second-order valence-electron chi connectivity index (χ2n) is 8.47. The second kappa shape index (κ2) is 8.56. The molecule has 5 rings (SSSR count). The number of carbonyl (C=O) groups excluding carboxylic acids is 1. The average molecular weight is 457 g/mol. The highest BCUT2D eigenvalue weighted by Crippen LogP contribution is 2.55. The first-order valence-electron chi connectivity index (χ1n) is 11.0. The molecule has 166 valence electrons. The second-order valence-corrected chi connectivity index (χ2v) is 10.0. The molecule has 4 aromatic rings. The fourth-order valence-electron chi connectivity index (χ4n) is 4.67. The quantitative estimate of drug-likeness (QED) is 0.320. The van der Waals surface area contributed by atoms with Crippen LogP contribution in [-0.2, 0) is 6.42 Å². The van der Waals surface area contributed by atoms with E-state index >= 15 is 0 Å². The minimum absolute atomic E-state index is 0.0399. The van der Waals surface area contributed by atoms with Crippen LogP contribution >= 0.6 is 11.8 Å². The predicted octanol–water partition coefficient (Wildman–Crippen LogP) is 6.27. The van der Waals surface area contributed by atoms with Crippen molar-refractivity contribution in [2.45, 2.75) is 35.8 Å². The summed E-state index contributed by atoms with van der Waals surface area (Å²) in [4.78, 5) is 28.1. The topological polar surface area (TPSA) is 56.5 Å². The van der Waals surface area contributed by atoms with E-state index in [1.54, 1.807) is 30.2 Å². The van der Waals surface area contributed by atoms with Gasteiger partial charge in [-0.1, -0.05) is 30.3 Å². The summed E-state index contributed by atoms with van der Waals surface area (Å²) in [7, 11) is 0. The van der Waals surface area contributed by atoms with Crippen LogP contribution in [-0.4, -0.2) is 17.1 Å². The monoisotopic (exact) mass is 456 g/mol. The predicted molar refractivity (Wildman–Crippen MR) is 132 cm³/mol. The Morgan fingerprint density at radius 1 is 1.03 bits per heavy atom. The van der Waals surface area contributed by atoms with Gasteiger partial charge < -0.3 is 9.15 Å². The van der Waals surface area contributed by atoms with Crippen molar-refractivity contribution in [3.05, 3.63) is 106 Å². The Hall–Kier alpha value is -3.31. The van der Waals surface area contributed by atoms with Crippen molar-refractivity contribution in [3.8, 4) is 5.75 Å². The Morgan fingerprint density at radius 2 is 1.76 bits per heavy atom. The third kappa shape index (κ3) is 3.87. The summed E-state index contributed by atoms with van der Waals surface area (Å²) < 4.78 is 10.8. The van der Waals surface area contributed by atoms with Crippen LogP contribution in [0.2, 0.25) is 0 Å². The van der Waals surface area contributed by atoms with E-state index in [-0.39, 0.29) is 17.1 Å². The lowest BCUT2D eigenvalue weighted by atomic mass is 9.78. The SMILES string of the molecule is CCOc1ccc(C(=O)C2c3ccccc3SC2(C)Cc2coc3ccccc3c2=O)cc1. The van der Waals surface area contributed by atoms with Gasteiger partial charge in [-0.15, -0.1) is 11.8 Å². The van der Waals surface area contributed by atoms with Gasteiger partial charge in [0.1, 0.15) is 11.3 Å². The van der Waals surface area contributed by atoms with Crippen molar-refractivity contribution in [1.29, 1.82) is 0 Å². The van der Waals surface area contributed by atoms with Crippen LogP contribution in [0.25, 0.3) is 11.0 Å². The van der Waals surface area contributed by atoms with Gasteiger partial charge in [-0.2, -0.15) is 0 Å². The highest BCUT2D eigenvalue weighted by molar-refractivity contribution is 8.01. The van der Waals surface area contributed by atoms with Crippen molar-refractivity contribution in [3.63, 3.8) is 0 Å². The number of carbonyl (C=O) groups is 1. The fraction of sp³-hybridized carbons (Fsp3) is 0.214. The summed E-state index contributed by atoms with van der Waals surface area (Å²) >= 11 is 1.66. The van der Waals surface area contributed by atoms with E-state index in [1.807, 2.05) is 67.6 Å². The van der Waals surface area contributed by atoms with Crippen molar-refractivity contribution in [2.75, 3.05) is 6.61 Å². The number of Topliss-reactive ketones (excluding diaryl/α,β-unsaturated/α-hetero) is 1. The molecule has 1 aliphatic heterocycles. The van der Waals surface area contributed by atoms with E-state index in [1.165, 1.54) is 0 Å². The molecule has 3 aromatic carbocycles. The maximum absolute atomic E-state index is 13.8. The van der Waals surface area contributed by atoms with Gasteiger partial charge in [0.15, 0.2) is 11.2 Å². The van der Waals surface area contributed by atoms with E-state index in [2.05, 4.69) is 6.92 Å². The third-order valence-corrected chi connectivity index (χ3v) is 7.63. The lowest BCUT2D eigenvalue weighted by Crippen LogP contribution is -2.35. The zero-order valence-corrected chi connectivity index (χ0v) is 19.4. The largest absolute Gasteiger partial charge is 0.494 e. The van der Waals surface area contributed by atoms with E-state index in [9.17, 15) is 9.59 Å². The number of rotatable bonds is 6. The lowest BCUT2D eigenvalue weighted by Gasteiger charge is -2.30. The molecule has 0 N–H and O–H groups in total. The molecule has 0 bridgehead atoms. The number of thioether (sulfide) groups is 1. The molecule has 2 unspecified atom stereocenters. The van der Waals surface area contributed by atoms with Crippen molar-refractivity contribution in [1.82, 2.24) is 0 Å². The molecule has 4 nitrogen and oxygen atoms in total. The Balaban J connectivity index is 1.55. The molecule has 33 heavy (non-hydrogen) atoms. The molecule has 1 aliphatic rings. The molecule has 0 spiro atoms. The minimum Gasteiger partial charge on any atom is -0.494 e. The zero-order chi connectivity index (χ0) is 23.0. The molecule has 1 aromatic heterocycles. The van der Waals surface area contributed by atoms with E-state index < -0.39 is 4.75 Å². The number of hydrogen-bond acceptors (Lipinski definition) is 5. The molecular formula is C28H24O4S. The molecule has 0 fully saturated rings. The Kier molecular flexibility index (Phi) is 5.59. The van der Waals surface area contributed by atoms with Gasteiger partial charge in [-0.05, 0) is 68.3 Å². The van der Waals surface area contributed by atoms with Crippen LogP contribution in [0.15, 0.2) is 93.2 Å². The van der Waals surface area contributed by atoms with E-state index in [4.69, 9.17) is 9.15 Å². The molecule has 0 radical (unpaired) electrons. The highest BCUT2D eigenvalue weighted by atomic mass is 32.2. The molecule has 0 amide bonds. The fourth-order valence-corrected chi connectivity index (χ4v) is 6.21. The van der Waals surface area contributed by atoms with Gasteiger partial charge in [0.05, 0.1) is 24.2 Å². The first-order valence-corrected chi connectivity index (χ1v) is 11.9. The highest BCUT2D eigenvalue weighted by Gasteiger charge is 2.48. The van der Waals surface area contributed by atoms with Crippen LogP contribution < -0.4 is 10.2 Å². The standard InChI is InChI=1S/C28H24O4S/c1-3-31-20-14-12-18(13-15-20)27(30)25-22-9-5-7-11-24(22)33-28(25,2)16-19-17-32-23-10-6-4-8-21(23)26(19)29/h4-15,17,25H,3,16H2,1-2H3. The van der Waals surface area contributed by atoms with E-state index in [0.717, 1.165) is 16.2 Å². The van der Waals surface area contributed by atoms with Gasteiger partial charge in [0.2, 0.25) is 0 Å². The maximum atomic E-state index is 13.8. The average Bonchev–Trinajstić information content (AvgIpc) is 3.13. The van der Waals surface area contributed by atoms with E-state index in [0.29, 0.717) is 35.1 Å². The summed E-state index contributed by atoms with van der Waals surface area (Å²) in [6, 6.07) is 22.6. The summed E-state index contributed by atoms with van der Waals surface area (Å²) in [6.07, 6.45) is 1.98. The summed E-state index contributed by atoms with van der Waals surface area (Å²) in [6.45, 7) is 4.58. The van der Waals surface area contributed by atoms with Gasteiger partial charge in [-0.3, -0.25) is 9.59 Å². The third-order valence-electron chi connectivity index (χ3n) is 6.19. The van der Waals surface area contributed by atoms with Crippen LogP contribution in [0, 0.1) is 0 Å². The van der Waals surface area contributed by atoms with Gasteiger partial charge in [0.25, 0.3) is 0 Å². The normalized spacial score (nSPS) is 19.4. The van der Waals surface area contributed by atoms with Crippen molar-refractivity contribution >= 4 is 28.5 Å². The van der Waals surface area contributed by atoms with Crippen LogP contribution in [0.5, 0.6) is 5.75 Å². The Labute approximate surface area is 196 Å². The summed E-state index contributed by atoms with van der Waals surface area (Å²) in [5.41, 5.74) is 2.76. The number of ether oxygens (including phenoxy) is 1.